The lowest BCUT2D eigenvalue weighted by Crippen LogP contribution is -2.41. The molecule has 1 heterocycles. The minimum Gasteiger partial charge on any atom is -0.490 e. The summed E-state index contributed by atoms with van der Waals surface area (Å²) in [5.41, 5.74) is 0.703. The molecular formula is C21H22FNO5S. The van der Waals surface area contributed by atoms with Gasteiger partial charge in [0.15, 0.2) is 21.3 Å². The Morgan fingerprint density at radius 1 is 1.07 bits per heavy atom. The number of amides is 1. The largest absolute Gasteiger partial charge is 0.490 e. The number of sulfone groups is 1. The van der Waals surface area contributed by atoms with E-state index in [9.17, 15) is 17.6 Å². The number of anilines is 1. The predicted octanol–water partition coefficient (Wildman–Crippen LogP) is 3.58. The Bertz CT molecular complexity index is 1020. The van der Waals surface area contributed by atoms with Gasteiger partial charge in [-0.3, -0.25) is 4.79 Å². The van der Waals surface area contributed by atoms with E-state index in [1.54, 1.807) is 18.2 Å². The topological polar surface area (TPSA) is 72.9 Å². The summed E-state index contributed by atoms with van der Waals surface area (Å²) in [6, 6.07) is 9.47. The van der Waals surface area contributed by atoms with Gasteiger partial charge in [0.2, 0.25) is 0 Å². The number of benzene rings is 2. The molecule has 1 aliphatic rings. The number of halogens is 1. The van der Waals surface area contributed by atoms with Crippen molar-refractivity contribution in [1.82, 2.24) is 0 Å². The van der Waals surface area contributed by atoms with Crippen molar-refractivity contribution in [2.24, 2.45) is 0 Å². The van der Waals surface area contributed by atoms with E-state index in [2.05, 4.69) is 0 Å². The van der Waals surface area contributed by atoms with Gasteiger partial charge in [0.25, 0.3) is 5.91 Å². The Morgan fingerprint density at radius 3 is 2.31 bits per heavy atom. The highest BCUT2D eigenvalue weighted by molar-refractivity contribution is 7.94. The molecule has 1 unspecified atom stereocenters. The Hall–Kier alpha value is -2.87. The van der Waals surface area contributed by atoms with E-state index >= 15 is 0 Å². The van der Waals surface area contributed by atoms with Crippen LogP contribution in [0.3, 0.4) is 0 Å². The normalized spacial score (nSPS) is 17.1. The van der Waals surface area contributed by atoms with Crippen LogP contribution in [0.4, 0.5) is 10.1 Å². The molecule has 0 fully saturated rings. The van der Waals surface area contributed by atoms with Crippen LogP contribution in [0, 0.1) is 5.82 Å². The first-order valence-electron chi connectivity index (χ1n) is 9.24. The number of hydrogen-bond donors (Lipinski definition) is 0. The minimum absolute atomic E-state index is 0.231. The van der Waals surface area contributed by atoms with Crippen molar-refractivity contribution in [3.05, 3.63) is 65.3 Å². The van der Waals surface area contributed by atoms with E-state index in [1.165, 1.54) is 35.2 Å². The summed E-state index contributed by atoms with van der Waals surface area (Å²) < 4.78 is 48.3. The summed E-state index contributed by atoms with van der Waals surface area (Å²) in [4.78, 5) is 14.7. The molecule has 2 aromatic rings. The van der Waals surface area contributed by atoms with E-state index in [0.717, 1.165) is 5.41 Å². The zero-order chi connectivity index (χ0) is 21.0. The summed E-state index contributed by atoms with van der Waals surface area (Å²) in [6.07, 6.45) is 1.47. The van der Waals surface area contributed by atoms with Gasteiger partial charge < -0.3 is 14.4 Å². The first-order valence-corrected chi connectivity index (χ1v) is 11.0. The Morgan fingerprint density at radius 2 is 1.72 bits per heavy atom. The van der Waals surface area contributed by atoms with Crippen molar-refractivity contribution >= 4 is 21.4 Å². The molecule has 0 N–H and O–H groups in total. The maximum absolute atomic E-state index is 13.4. The van der Waals surface area contributed by atoms with Crippen LogP contribution in [0.15, 0.2) is 53.9 Å². The SMILES string of the molecule is CCOc1ccc(C(=O)N(c2ccc(F)cc2)C2C=CS(=O)(=O)C2)cc1OCC. The molecule has 0 saturated carbocycles. The number of nitrogens with zero attached hydrogens (tertiary/aromatic N) is 1. The van der Waals surface area contributed by atoms with Crippen molar-refractivity contribution in [1.29, 1.82) is 0 Å². The standard InChI is InChI=1S/C21H22FNO5S/c1-3-27-19-10-5-15(13-20(19)28-4-2)21(24)23(17-8-6-16(22)7-9-17)18-11-12-29(25,26)14-18/h5-13,18H,3-4,14H2,1-2H3. The monoisotopic (exact) mass is 419 g/mol. The fourth-order valence-electron chi connectivity index (χ4n) is 3.10. The molecule has 1 aliphatic heterocycles. The van der Waals surface area contributed by atoms with Crippen LogP contribution in [-0.2, 0) is 9.84 Å². The second-order valence-corrected chi connectivity index (χ2v) is 8.34. The predicted molar refractivity (Wildman–Crippen MR) is 109 cm³/mol. The van der Waals surface area contributed by atoms with Crippen LogP contribution in [0.1, 0.15) is 24.2 Å². The van der Waals surface area contributed by atoms with Gasteiger partial charge in [-0.15, -0.1) is 0 Å². The third-order valence-corrected chi connectivity index (χ3v) is 5.73. The van der Waals surface area contributed by atoms with Gasteiger partial charge in [-0.2, -0.15) is 0 Å². The fourth-order valence-corrected chi connectivity index (χ4v) is 4.37. The fraction of sp³-hybridized carbons (Fsp3) is 0.286. The van der Waals surface area contributed by atoms with E-state index in [1.807, 2.05) is 13.8 Å². The molecule has 6 nitrogen and oxygen atoms in total. The Labute approximate surface area is 169 Å². The highest BCUT2D eigenvalue weighted by Crippen LogP contribution is 2.31. The van der Waals surface area contributed by atoms with Gasteiger partial charge in [-0.1, -0.05) is 0 Å². The van der Waals surface area contributed by atoms with Crippen molar-refractivity contribution in [2.75, 3.05) is 23.9 Å². The average Bonchev–Trinajstić information content (AvgIpc) is 3.04. The highest BCUT2D eigenvalue weighted by atomic mass is 32.2. The quantitative estimate of drug-likeness (QED) is 0.686. The second kappa shape index (κ2) is 8.65. The van der Waals surface area contributed by atoms with E-state index in [0.29, 0.717) is 36.0 Å². The van der Waals surface area contributed by atoms with Gasteiger partial charge in [0.1, 0.15) is 5.82 Å². The molecule has 0 bridgehead atoms. The van der Waals surface area contributed by atoms with Gasteiger partial charge in [-0.25, -0.2) is 12.8 Å². The van der Waals surface area contributed by atoms with Crippen molar-refractivity contribution in [2.45, 2.75) is 19.9 Å². The summed E-state index contributed by atoms with van der Waals surface area (Å²) in [5, 5.41) is 1.10. The zero-order valence-corrected chi connectivity index (χ0v) is 17.0. The highest BCUT2D eigenvalue weighted by Gasteiger charge is 2.32. The molecule has 1 atom stereocenters. The second-order valence-electron chi connectivity index (χ2n) is 6.40. The third-order valence-electron chi connectivity index (χ3n) is 4.36. The first kappa shape index (κ1) is 20.9. The molecule has 3 rings (SSSR count). The first-order chi connectivity index (χ1) is 13.8. The molecule has 0 saturated heterocycles. The van der Waals surface area contributed by atoms with E-state index in [4.69, 9.17) is 9.47 Å². The average molecular weight is 419 g/mol. The zero-order valence-electron chi connectivity index (χ0n) is 16.2. The van der Waals surface area contributed by atoms with Crippen LogP contribution < -0.4 is 14.4 Å². The lowest BCUT2D eigenvalue weighted by Gasteiger charge is -2.28. The van der Waals surface area contributed by atoms with Gasteiger partial charge in [-0.05, 0) is 62.4 Å². The minimum atomic E-state index is -3.40. The maximum atomic E-state index is 13.4. The van der Waals surface area contributed by atoms with Crippen LogP contribution in [-0.4, -0.2) is 39.3 Å². The van der Waals surface area contributed by atoms with Gasteiger partial charge in [0.05, 0.1) is 25.0 Å². The molecule has 29 heavy (non-hydrogen) atoms. The molecule has 0 aliphatic carbocycles. The van der Waals surface area contributed by atoms with Crippen LogP contribution in [0.2, 0.25) is 0 Å². The van der Waals surface area contributed by atoms with Crippen LogP contribution in [0.5, 0.6) is 11.5 Å². The van der Waals surface area contributed by atoms with E-state index in [-0.39, 0.29) is 5.75 Å². The lowest BCUT2D eigenvalue weighted by molar-refractivity contribution is 0.0982. The summed E-state index contributed by atoms with van der Waals surface area (Å²) in [5.74, 6) is -0.162. The molecule has 0 aromatic heterocycles. The summed E-state index contributed by atoms with van der Waals surface area (Å²) >= 11 is 0. The Kier molecular flexibility index (Phi) is 6.22. The van der Waals surface area contributed by atoms with E-state index < -0.39 is 27.6 Å². The molecule has 8 heteroatoms. The number of ether oxygens (including phenoxy) is 2. The number of hydrogen-bond acceptors (Lipinski definition) is 5. The summed E-state index contributed by atoms with van der Waals surface area (Å²) in [7, 11) is -3.40. The van der Waals surface area contributed by atoms with Crippen molar-refractivity contribution in [3.63, 3.8) is 0 Å². The van der Waals surface area contributed by atoms with Crippen molar-refractivity contribution in [3.8, 4) is 11.5 Å². The third kappa shape index (κ3) is 4.76. The molecule has 0 radical (unpaired) electrons. The number of carbonyl (C=O) groups excluding carboxylic acids is 1. The molecular weight excluding hydrogens is 397 g/mol. The summed E-state index contributed by atoms with van der Waals surface area (Å²) in [6.45, 7) is 4.50. The van der Waals surface area contributed by atoms with Crippen molar-refractivity contribution < 1.29 is 27.1 Å². The molecule has 0 spiro atoms. The maximum Gasteiger partial charge on any atom is 0.258 e. The van der Waals surface area contributed by atoms with Crippen LogP contribution in [0.25, 0.3) is 0 Å². The number of carbonyl (C=O) groups is 1. The molecule has 1 amide bonds. The van der Waals surface area contributed by atoms with Gasteiger partial charge in [0, 0.05) is 16.7 Å². The Balaban J connectivity index is 2.01. The smallest absolute Gasteiger partial charge is 0.258 e. The number of rotatable bonds is 7. The lowest BCUT2D eigenvalue weighted by atomic mass is 10.1. The van der Waals surface area contributed by atoms with Gasteiger partial charge >= 0.3 is 0 Å². The van der Waals surface area contributed by atoms with Crippen LogP contribution >= 0.6 is 0 Å². The molecule has 2 aromatic carbocycles. The molecule has 154 valence electrons.